The highest BCUT2D eigenvalue weighted by Gasteiger charge is 2.17. The maximum absolute atomic E-state index is 10.8. The second kappa shape index (κ2) is 3.49. The molecule has 0 N–H and O–H groups in total. The molecule has 0 fully saturated rings. The molecule has 0 unspecified atom stereocenters. The first-order chi connectivity index (χ1) is 6.68. The van der Waals surface area contributed by atoms with E-state index in [1.807, 2.05) is 0 Å². The summed E-state index contributed by atoms with van der Waals surface area (Å²) >= 11 is 3.18. The molecule has 0 amide bonds. The van der Waals surface area contributed by atoms with Gasteiger partial charge in [-0.3, -0.25) is 0 Å². The quantitative estimate of drug-likeness (QED) is 0.739. The Kier molecular flexibility index (Phi) is 2.33. The van der Waals surface area contributed by atoms with Crippen LogP contribution in [0, 0.1) is 0 Å². The molecule has 0 saturated heterocycles. The smallest absolute Gasteiger partial charge is 0.170 e. The molecule has 0 aliphatic carbocycles. The first-order valence-electron chi connectivity index (χ1n) is 3.99. The molecule has 0 bridgehead atoms. The molecule has 1 heterocycles. The van der Waals surface area contributed by atoms with Crippen molar-refractivity contribution < 1.29 is 19.4 Å². The fourth-order valence-electron chi connectivity index (χ4n) is 1.27. The van der Waals surface area contributed by atoms with Gasteiger partial charge in [-0.1, -0.05) is 15.9 Å². The molecule has 4 nitrogen and oxygen atoms in total. The van der Waals surface area contributed by atoms with Crippen LogP contribution in [-0.4, -0.2) is 19.2 Å². The van der Waals surface area contributed by atoms with E-state index in [2.05, 4.69) is 15.9 Å². The summed E-state index contributed by atoms with van der Waals surface area (Å²) in [4.78, 5) is 10.8. The molecular formula is C9H6BrO4-. The number of ether oxygens (including phenoxy) is 2. The average Bonchev–Trinajstić information content (AvgIpc) is 2.16. The predicted octanol–water partition coefficient (Wildman–Crippen LogP) is 0.584. The summed E-state index contributed by atoms with van der Waals surface area (Å²) in [6.07, 6.45) is 0. The number of rotatable bonds is 1. The van der Waals surface area contributed by atoms with Crippen LogP contribution in [0.25, 0.3) is 0 Å². The fraction of sp³-hybridized carbons (Fsp3) is 0.222. The predicted molar refractivity (Wildman–Crippen MR) is 49.5 cm³/mol. The van der Waals surface area contributed by atoms with Crippen LogP contribution in [0.2, 0.25) is 0 Å². The lowest BCUT2D eigenvalue weighted by Crippen LogP contribution is -2.25. The third-order valence-electron chi connectivity index (χ3n) is 1.83. The van der Waals surface area contributed by atoms with Gasteiger partial charge in [0.05, 0.1) is 5.97 Å². The number of halogens is 1. The summed E-state index contributed by atoms with van der Waals surface area (Å²) in [7, 11) is 0. The van der Waals surface area contributed by atoms with E-state index < -0.39 is 5.97 Å². The fourth-order valence-corrected chi connectivity index (χ4v) is 1.71. The van der Waals surface area contributed by atoms with Gasteiger partial charge in [-0.05, 0) is 12.1 Å². The van der Waals surface area contributed by atoms with Crippen molar-refractivity contribution in [3.05, 3.63) is 22.2 Å². The monoisotopic (exact) mass is 257 g/mol. The molecule has 0 aromatic heterocycles. The highest BCUT2D eigenvalue weighted by Crippen LogP contribution is 2.36. The van der Waals surface area contributed by atoms with Gasteiger partial charge in [0.15, 0.2) is 11.5 Å². The van der Waals surface area contributed by atoms with Crippen molar-refractivity contribution in [2.45, 2.75) is 0 Å². The van der Waals surface area contributed by atoms with Crippen LogP contribution in [0.3, 0.4) is 0 Å². The summed E-state index contributed by atoms with van der Waals surface area (Å²) < 4.78 is 11.1. The molecule has 1 aliphatic heterocycles. The van der Waals surface area contributed by atoms with Gasteiger partial charge < -0.3 is 19.4 Å². The van der Waals surface area contributed by atoms with Gasteiger partial charge in [0.1, 0.15) is 13.2 Å². The maximum atomic E-state index is 10.8. The Bertz CT molecular complexity index is 389. The second-order valence-corrected chi connectivity index (χ2v) is 3.68. The highest BCUT2D eigenvalue weighted by molar-refractivity contribution is 9.10. The molecule has 5 heteroatoms. The third-order valence-corrected chi connectivity index (χ3v) is 2.28. The molecule has 14 heavy (non-hydrogen) atoms. The average molecular weight is 258 g/mol. The van der Waals surface area contributed by atoms with Crippen molar-refractivity contribution in [1.82, 2.24) is 0 Å². The topological polar surface area (TPSA) is 58.6 Å². The van der Waals surface area contributed by atoms with Gasteiger partial charge in [0.2, 0.25) is 0 Å². The summed E-state index contributed by atoms with van der Waals surface area (Å²) in [5, 5.41) is 10.8. The van der Waals surface area contributed by atoms with Crippen molar-refractivity contribution >= 4 is 21.9 Å². The molecule has 1 aromatic carbocycles. The third kappa shape index (κ3) is 1.55. The molecule has 2 rings (SSSR count). The normalized spacial score (nSPS) is 13.8. The number of carboxylic acids is 1. The Labute approximate surface area is 88.6 Å². The Morgan fingerprint density at radius 1 is 1.36 bits per heavy atom. The van der Waals surface area contributed by atoms with Gasteiger partial charge in [-0.15, -0.1) is 0 Å². The van der Waals surface area contributed by atoms with Crippen LogP contribution < -0.4 is 14.6 Å². The van der Waals surface area contributed by atoms with Gasteiger partial charge >= 0.3 is 0 Å². The van der Waals surface area contributed by atoms with E-state index in [0.29, 0.717) is 23.4 Å². The molecule has 0 spiro atoms. The van der Waals surface area contributed by atoms with Gasteiger partial charge in [0.25, 0.3) is 0 Å². The van der Waals surface area contributed by atoms with Crippen molar-refractivity contribution in [2.24, 2.45) is 0 Å². The van der Waals surface area contributed by atoms with E-state index in [1.165, 1.54) is 6.07 Å². The van der Waals surface area contributed by atoms with E-state index in [9.17, 15) is 9.90 Å². The van der Waals surface area contributed by atoms with Gasteiger partial charge in [-0.2, -0.15) is 0 Å². The standard InChI is InChI=1S/C9H7BrO4/c10-5-3-6(9(11)12)8-7(4-5)13-1-2-14-8/h3-4H,1-2H2,(H,11,12)/p-1. The van der Waals surface area contributed by atoms with Crippen LogP contribution in [0.1, 0.15) is 10.4 Å². The SMILES string of the molecule is O=C([O-])c1cc(Br)cc2c1OCCO2. The van der Waals surface area contributed by atoms with Gasteiger partial charge in [-0.25, -0.2) is 0 Å². The van der Waals surface area contributed by atoms with Crippen molar-refractivity contribution in [1.29, 1.82) is 0 Å². The van der Waals surface area contributed by atoms with Crippen molar-refractivity contribution in [3.63, 3.8) is 0 Å². The lowest BCUT2D eigenvalue weighted by atomic mass is 10.2. The van der Waals surface area contributed by atoms with E-state index >= 15 is 0 Å². The first kappa shape index (κ1) is 9.33. The lowest BCUT2D eigenvalue weighted by Gasteiger charge is -2.21. The molecule has 0 saturated carbocycles. The largest absolute Gasteiger partial charge is 0.545 e. The second-order valence-electron chi connectivity index (χ2n) is 2.76. The molecular weight excluding hydrogens is 252 g/mol. The summed E-state index contributed by atoms with van der Waals surface area (Å²) in [5.41, 5.74) is 0.00840. The number of hydrogen-bond donors (Lipinski definition) is 0. The Hall–Kier alpha value is -1.23. The minimum Gasteiger partial charge on any atom is -0.545 e. The van der Waals surface area contributed by atoms with Crippen molar-refractivity contribution in [3.8, 4) is 11.5 Å². The molecule has 0 atom stereocenters. The van der Waals surface area contributed by atoms with Crippen LogP contribution in [-0.2, 0) is 0 Å². The number of carbonyl (C=O) groups excluding carboxylic acids is 1. The number of carboxylic acid groups (broad SMARTS) is 1. The van der Waals surface area contributed by atoms with E-state index in [-0.39, 0.29) is 11.3 Å². The maximum Gasteiger partial charge on any atom is 0.170 e. The zero-order chi connectivity index (χ0) is 10.1. The van der Waals surface area contributed by atoms with E-state index in [1.54, 1.807) is 6.07 Å². The number of aromatic carboxylic acids is 1. The van der Waals surface area contributed by atoms with E-state index in [4.69, 9.17) is 9.47 Å². The number of fused-ring (bicyclic) bond motifs is 1. The summed E-state index contributed by atoms with van der Waals surface area (Å²) in [6.45, 7) is 0.783. The Balaban J connectivity index is 2.58. The van der Waals surface area contributed by atoms with E-state index in [0.717, 1.165) is 0 Å². The number of hydrogen-bond acceptors (Lipinski definition) is 4. The minimum absolute atomic E-state index is 0.00840. The first-order valence-corrected chi connectivity index (χ1v) is 4.78. The number of benzene rings is 1. The Morgan fingerprint density at radius 3 is 2.79 bits per heavy atom. The zero-order valence-electron chi connectivity index (χ0n) is 7.08. The summed E-state index contributed by atoms with van der Waals surface area (Å²) in [5.74, 6) is -0.586. The number of carbonyl (C=O) groups is 1. The summed E-state index contributed by atoms with van der Waals surface area (Å²) in [6, 6.07) is 3.10. The Morgan fingerprint density at radius 2 is 2.07 bits per heavy atom. The van der Waals surface area contributed by atoms with Gasteiger partial charge in [0, 0.05) is 10.0 Å². The lowest BCUT2D eigenvalue weighted by molar-refractivity contribution is -0.255. The van der Waals surface area contributed by atoms with Crippen LogP contribution in [0.5, 0.6) is 11.5 Å². The minimum atomic E-state index is -1.27. The van der Waals surface area contributed by atoms with Crippen LogP contribution in [0.15, 0.2) is 16.6 Å². The van der Waals surface area contributed by atoms with Crippen LogP contribution in [0.4, 0.5) is 0 Å². The molecule has 1 aliphatic rings. The van der Waals surface area contributed by atoms with Crippen molar-refractivity contribution in [2.75, 3.05) is 13.2 Å². The highest BCUT2D eigenvalue weighted by atomic mass is 79.9. The molecule has 1 aromatic rings. The zero-order valence-corrected chi connectivity index (χ0v) is 8.67. The van der Waals surface area contributed by atoms with Crippen LogP contribution >= 0.6 is 15.9 Å². The molecule has 0 radical (unpaired) electrons. The molecule has 74 valence electrons.